The van der Waals surface area contributed by atoms with Crippen molar-refractivity contribution in [2.75, 3.05) is 11.9 Å². The van der Waals surface area contributed by atoms with Crippen LogP contribution in [0.1, 0.15) is 38.7 Å². The summed E-state index contributed by atoms with van der Waals surface area (Å²) in [7, 11) is 0. The first-order valence-corrected chi connectivity index (χ1v) is 7.37. The highest BCUT2D eigenvalue weighted by Gasteiger charge is 2.06. The molecule has 0 atom stereocenters. The zero-order valence-electron chi connectivity index (χ0n) is 13.2. The fourth-order valence-corrected chi connectivity index (χ4v) is 1.89. The average molecular weight is 328 g/mol. The molecule has 0 bridgehead atoms. The van der Waals surface area contributed by atoms with Gasteiger partial charge in [-0.25, -0.2) is 0 Å². The van der Waals surface area contributed by atoms with Gasteiger partial charge in [-0.2, -0.15) is 0 Å². The molecule has 0 unspecified atom stereocenters. The number of nitrogens with one attached hydrogen (secondary N) is 2. The maximum Gasteiger partial charge on any atom is 0.224 e. The Morgan fingerprint density at radius 2 is 1.95 bits per heavy atom. The Morgan fingerprint density at radius 1 is 1.23 bits per heavy atom. The zero-order chi connectivity index (χ0) is 15.7. The Labute approximate surface area is 138 Å². The normalized spacial score (nSPS) is 10.0. The lowest BCUT2D eigenvalue weighted by molar-refractivity contribution is -0.121. The summed E-state index contributed by atoms with van der Waals surface area (Å²) in [6, 6.07) is 7.51. The van der Waals surface area contributed by atoms with Crippen LogP contribution in [-0.4, -0.2) is 18.4 Å². The molecule has 0 heterocycles. The van der Waals surface area contributed by atoms with E-state index >= 15 is 0 Å². The highest BCUT2D eigenvalue weighted by Crippen LogP contribution is 2.12. The first kappa shape index (κ1) is 20.4. The van der Waals surface area contributed by atoms with E-state index in [4.69, 9.17) is 5.73 Å². The van der Waals surface area contributed by atoms with Crippen molar-refractivity contribution in [3.8, 4) is 0 Å². The van der Waals surface area contributed by atoms with Crippen LogP contribution in [0.3, 0.4) is 0 Å². The Kier molecular flexibility index (Phi) is 10.2. The number of benzene rings is 1. The van der Waals surface area contributed by atoms with Crippen molar-refractivity contribution in [1.29, 1.82) is 0 Å². The molecule has 6 heteroatoms. The van der Waals surface area contributed by atoms with Gasteiger partial charge in [-0.05, 0) is 36.6 Å². The molecular weight excluding hydrogens is 302 g/mol. The number of nitrogens with two attached hydrogens (primary N) is 1. The minimum absolute atomic E-state index is 0. The molecule has 0 aliphatic heterocycles. The first-order valence-electron chi connectivity index (χ1n) is 7.37. The molecule has 22 heavy (non-hydrogen) atoms. The number of carbonyl (C=O) groups is 2. The summed E-state index contributed by atoms with van der Waals surface area (Å²) in [5, 5.41) is 5.71. The minimum atomic E-state index is -0.00491. The van der Waals surface area contributed by atoms with Crippen LogP contribution in [0, 0.1) is 5.92 Å². The summed E-state index contributed by atoms with van der Waals surface area (Å²) in [5.74, 6) is 0.332. The van der Waals surface area contributed by atoms with Gasteiger partial charge in [0.1, 0.15) is 0 Å². The number of carbonyl (C=O) groups excluding carboxylic acids is 2. The lowest BCUT2D eigenvalue weighted by Crippen LogP contribution is -2.23. The van der Waals surface area contributed by atoms with Gasteiger partial charge in [-0.3, -0.25) is 9.59 Å². The number of halogens is 1. The Morgan fingerprint density at radius 3 is 2.59 bits per heavy atom. The van der Waals surface area contributed by atoms with E-state index in [9.17, 15) is 9.59 Å². The molecule has 0 fully saturated rings. The molecule has 0 saturated heterocycles. The van der Waals surface area contributed by atoms with Gasteiger partial charge in [0.2, 0.25) is 11.8 Å². The second kappa shape index (κ2) is 11.0. The summed E-state index contributed by atoms with van der Waals surface area (Å²) in [6.45, 7) is 4.99. The van der Waals surface area contributed by atoms with Crippen LogP contribution in [0.5, 0.6) is 0 Å². The third-order valence-corrected chi connectivity index (χ3v) is 2.90. The highest BCUT2D eigenvalue weighted by atomic mass is 35.5. The van der Waals surface area contributed by atoms with Gasteiger partial charge >= 0.3 is 0 Å². The van der Waals surface area contributed by atoms with Gasteiger partial charge in [-0.1, -0.05) is 26.0 Å². The monoisotopic (exact) mass is 327 g/mol. The van der Waals surface area contributed by atoms with Gasteiger partial charge in [0.15, 0.2) is 0 Å². The molecule has 0 radical (unpaired) electrons. The molecule has 0 saturated carbocycles. The number of hydrogen-bond acceptors (Lipinski definition) is 3. The van der Waals surface area contributed by atoms with E-state index in [-0.39, 0.29) is 24.2 Å². The average Bonchev–Trinajstić information content (AvgIpc) is 2.42. The summed E-state index contributed by atoms with van der Waals surface area (Å²) < 4.78 is 0. The Hall–Kier alpha value is -1.59. The molecule has 0 aliphatic rings. The van der Waals surface area contributed by atoms with Crippen LogP contribution in [0.4, 0.5) is 5.69 Å². The SMILES string of the molecule is CC(C)CC(=O)Nc1cccc(CNC(=O)CCCN)c1.Cl. The summed E-state index contributed by atoms with van der Waals surface area (Å²) in [6.07, 6.45) is 1.64. The van der Waals surface area contributed by atoms with Gasteiger partial charge in [-0.15, -0.1) is 12.4 Å². The molecular formula is C16H26ClN3O2. The van der Waals surface area contributed by atoms with E-state index in [1.165, 1.54) is 0 Å². The molecule has 1 rings (SSSR count). The Balaban J connectivity index is 0.00000441. The van der Waals surface area contributed by atoms with E-state index in [2.05, 4.69) is 10.6 Å². The standard InChI is InChI=1S/C16H25N3O2.ClH/c1-12(2)9-16(21)19-14-6-3-5-13(10-14)11-18-15(20)7-4-8-17;/h3,5-6,10,12H,4,7-9,11,17H2,1-2H3,(H,18,20)(H,19,21);1H. The van der Waals surface area contributed by atoms with Crippen LogP contribution in [0.25, 0.3) is 0 Å². The predicted molar refractivity (Wildman–Crippen MR) is 91.9 cm³/mol. The van der Waals surface area contributed by atoms with Gasteiger partial charge in [0, 0.05) is 25.1 Å². The molecule has 124 valence electrons. The van der Waals surface area contributed by atoms with E-state index in [0.29, 0.717) is 38.3 Å². The molecule has 5 nitrogen and oxygen atoms in total. The van der Waals surface area contributed by atoms with Crippen LogP contribution in [-0.2, 0) is 16.1 Å². The fourth-order valence-electron chi connectivity index (χ4n) is 1.89. The Bertz CT molecular complexity index is 478. The van der Waals surface area contributed by atoms with Crippen molar-refractivity contribution in [2.24, 2.45) is 11.7 Å². The number of rotatable bonds is 8. The summed E-state index contributed by atoms with van der Waals surface area (Å²) in [5.41, 5.74) is 7.08. The third-order valence-electron chi connectivity index (χ3n) is 2.90. The maximum atomic E-state index is 11.7. The van der Waals surface area contributed by atoms with Gasteiger partial charge in [0.05, 0.1) is 0 Å². The molecule has 1 aromatic rings. The van der Waals surface area contributed by atoms with E-state index in [1.54, 1.807) is 0 Å². The zero-order valence-corrected chi connectivity index (χ0v) is 14.0. The van der Waals surface area contributed by atoms with Crippen LogP contribution in [0.15, 0.2) is 24.3 Å². The van der Waals surface area contributed by atoms with Crippen LogP contribution in [0.2, 0.25) is 0 Å². The van der Waals surface area contributed by atoms with Crippen molar-refractivity contribution < 1.29 is 9.59 Å². The highest BCUT2D eigenvalue weighted by molar-refractivity contribution is 5.90. The number of anilines is 1. The van der Waals surface area contributed by atoms with Crippen molar-refractivity contribution >= 4 is 29.9 Å². The minimum Gasteiger partial charge on any atom is -0.352 e. The van der Waals surface area contributed by atoms with Crippen molar-refractivity contribution in [1.82, 2.24) is 5.32 Å². The van der Waals surface area contributed by atoms with E-state index in [0.717, 1.165) is 11.3 Å². The summed E-state index contributed by atoms with van der Waals surface area (Å²) >= 11 is 0. The topological polar surface area (TPSA) is 84.2 Å². The first-order chi connectivity index (χ1) is 10.0. The van der Waals surface area contributed by atoms with Crippen LogP contribution >= 0.6 is 12.4 Å². The maximum absolute atomic E-state index is 11.7. The van der Waals surface area contributed by atoms with Crippen molar-refractivity contribution in [3.05, 3.63) is 29.8 Å². The summed E-state index contributed by atoms with van der Waals surface area (Å²) in [4.78, 5) is 23.2. The van der Waals surface area contributed by atoms with Crippen molar-refractivity contribution in [3.63, 3.8) is 0 Å². The smallest absolute Gasteiger partial charge is 0.224 e. The quantitative estimate of drug-likeness (QED) is 0.685. The van der Waals surface area contributed by atoms with E-state index in [1.807, 2.05) is 38.1 Å². The van der Waals surface area contributed by atoms with Gasteiger partial charge in [0.25, 0.3) is 0 Å². The number of hydrogen-bond donors (Lipinski definition) is 3. The molecule has 0 aliphatic carbocycles. The molecule has 0 aromatic heterocycles. The molecule has 1 aromatic carbocycles. The molecule has 2 amide bonds. The fraction of sp³-hybridized carbons (Fsp3) is 0.500. The predicted octanol–water partition coefficient (Wildman–Crippen LogP) is 2.45. The second-order valence-electron chi connectivity index (χ2n) is 5.52. The lowest BCUT2D eigenvalue weighted by Gasteiger charge is -2.09. The largest absolute Gasteiger partial charge is 0.352 e. The van der Waals surface area contributed by atoms with E-state index < -0.39 is 0 Å². The van der Waals surface area contributed by atoms with Crippen molar-refractivity contribution in [2.45, 2.75) is 39.7 Å². The lowest BCUT2D eigenvalue weighted by atomic mass is 10.1. The number of amides is 2. The second-order valence-corrected chi connectivity index (χ2v) is 5.52. The van der Waals surface area contributed by atoms with Crippen LogP contribution < -0.4 is 16.4 Å². The van der Waals surface area contributed by atoms with Gasteiger partial charge < -0.3 is 16.4 Å². The molecule has 4 N–H and O–H groups in total. The third kappa shape index (κ3) is 8.64. The molecule has 0 spiro atoms.